The van der Waals surface area contributed by atoms with E-state index in [-0.39, 0.29) is 15.8 Å². The Morgan fingerprint density at radius 1 is 1.35 bits per heavy atom. The highest BCUT2D eigenvalue weighted by Crippen LogP contribution is 2.33. The Labute approximate surface area is 134 Å². The number of sulfonamides is 1. The Balaban J connectivity index is 2.46. The van der Waals surface area contributed by atoms with E-state index < -0.39 is 10.0 Å². The molecule has 1 fully saturated rings. The Kier molecular flexibility index (Phi) is 5.24. The van der Waals surface area contributed by atoms with E-state index in [4.69, 9.17) is 34.8 Å². The minimum Gasteiger partial charge on any atom is -0.207 e. The Hall–Kier alpha value is -0.000000000000000111. The van der Waals surface area contributed by atoms with Gasteiger partial charge < -0.3 is 0 Å². The quantitative estimate of drug-likeness (QED) is 0.763. The fourth-order valence-corrected chi connectivity index (χ4v) is 5.19. The van der Waals surface area contributed by atoms with Crippen molar-refractivity contribution in [1.29, 1.82) is 0 Å². The van der Waals surface area contributed by atoms with Crippen molar-refractivity contribution in [2.24, 2.45) is 5.92 Å². The summed E-state index contributed by atoms with van der Waals surface area (Å²) in [6, 6.07) is 2.99. The van der Waals surface area contributed by atoms with Crippen LogP contribution in [0.2, 0.25) is 10.0 Å². The van der Waals surface area contributed by atoms with Crippen molar-refractivity contribution in [2.45, 2.75) is 30.5 Å². The second-order valence-electron chi connectivity index (χ2n) is 5.12. The third-order valence-electron chi connectivity index (χ3n) is 3.46. The molecule has 112 valence electrons. The molecule has 0 amide bonds. The molecule has 1 unspecified atom stereocenters. The zero-order chi connectivity index (χ0) is 14.9. The number of benzene rings is 1. The van der Waals surface area contributed by atoms with Gasteiger partial charge in [-0.15, -0.1) is 11.6 Å². The molecule has 0 N–H and O–H groups in total. The van der Waals surface area contributed by atoms with Gasteiger partial charge in [-0.1, -0.05) is 30.1 Å². The van der Waals surface area contributed by atoms with Crippen LogP contribution in [0.5, 0.6) is 0 Å². The molecule has 1 heterocycles. The highest BCUT2D eigenvalue weighted by molar-refractivity contribution is 7.89. The third kappa shape index (κ3) is 3.25. The molecular formula is C13H16Cl3NO2S. The van der Waals surface area contributed by atoms with Gasteiger partial charge in [-0.25, -0.2) is 8.42 Å². The van der Waals surface area contributed by atoms with Crippen LogP contribution in [0.15, 0.2) is 17.0 Å². The van der Waals surface area contributed by atoms with E-state index in [1.165, 1.54) is 10.4 Å². The Morgan fingerprint density at radius 3 is 2.65 bits per heavy atom. The standard InChI is InChI=1S/C13H16Cl3NO2S/c1-9-3-2-4-17(8-9)20(18,19)12-6-11(15)5-10(7-14)13(12)16/h5-6,9H,2-4,7-8H2,1H3. The van der Waals surface area contributed by atoms with Gasteiger partial charge in [0.05, 0.1) is 5.02 Å². The molecule has 2 rings (SSSR count). The molecule has 1 aliphatic rings. The molecule has 1 saturated heterocycles. The zero-order valence-corrected chi connectivity index (χ0v) is 14.2. The number of rotatable bonds is 3. The second kappa shape index (κ2) is 6.41. The number of hydrogen-bond acceptors (Lipinski definition) is 2. The van der Waals surface area contributed by atoms with E-state index >= 15 is 0 Å². The summed E-state index contributed by atoms with van der Waals surface area (Å²) in [6.07, 6.45) is 1.91. The van der Waals surface area contributed by atoms with Crippen molar-refractivity contribution in [3.63, 3.8) is 0 Å². The molecule has 0 spiro atoms. The van der Waals surface area contributed by atoms with E-state index in [9.17, 15) is 8.42 Å². The van der Waals surface area contributed by atoms with Crippen LogP contribution in [0.4, 0.5) is 0 Å². The molecule has 0 aliphatic carbocycles. The van der Waals surface area contributed by atoms with Gasteiger partial charge in [-0.05, 0) is 36.5 Å². The Bertz CT molecular complexity index is 604. The first-order valence-electron chi connectivity index (χ1n) is 6.40. The van der Waals surface area contributed by atoms with Crippen LogP contribution in [-0.4, -0.2) is 25.8 Å². The number of nitrogens with zero attached hydrogens (tertiary/aromatic N) is 1. The maximum absolute atomic E-state index is 12.7. The zero-order valence-electron chi connectivity index (χ0n) is 11.1. The molecule has 0 saturated carbocycles. The maximum Gasteiger partial charge on any atom is 0.244 e. The number of halogens is 3. The first-order valence-corrected chi connectivity index (χ1v) is 9.13. The second-order valence-corrected chi connectivity index (χ2v) is 8.11. The minimum absolute atomic E-state index is 0.0522. The maximum atomic E-state index is 12.7. The summed E-state index contributed by atoms with van der Waals surface area (Å²) in [5.74, 6) is 0.474. The molecule has 7 heteroatoms. The lowest BCUT2D eigenvalue weighted by atomic mass is 10.0. The number of hydrogen-bond donors (Lipinski definition) is 0. The van der Waals surface area contributed by atoms with E-state index in [2.05, 4.69) is 0 Å². The van der Waals surface area contributed by atoms with Crippen LogP contribution in [-0.2, 0) is 15.9 Å². The molecule has 1 atom stereocenters. The summed E-state index contributed by atoms with van der Waals surface area (Å²) in [5, 5.41) is 0.497. The molecule has 1 aliphatic heterocycles. The fourth-order valence-electron chi connectivity index (χ4n) is 2.41. The molecule has 20 heavy (non-hydrogen) atoms. The van der Waals surface area contributed by atoms with Crippen molar-refractivity contribution in [3.05, 3.63) is 27.7 Å². The summed E-state index contributed by atoms with van der Waals surface area (Å²) < 4.78 is 26.9. The molecule has 0 bridgehead atoms. The molecule has 1 aromatic rings. The van der Waals surface area contributed by atoms with Crippen LogP contribution >= 0.6 is 34.8 Å². The first-order chi connectivity index (χ1) is 9.36. The third-order valence-corrected chi connectivity index (χ3v) is 6.41. The summed E-state index contributed by atoms with van der Waals surface area (Å²) in [7, 11) is -3.62. The highest BCUT2D eigenvalue weighted by Gasteiger charge is 2.31. The van der Waals surface area contributed by atoms with Crippen molar-refractivity contribution in [3.8, 4) is 0 Å². The van der Waals surface area contributed by atoms with Gasteiger partial charge in [-0.2, -0.15) is 4.31 Å². The highest BCUT2D eigenvalue weighted by atomic mass is 35.5. The average Bonchev–Trinajstić information content (AvgIpc) is 2.40. The molecule has 3 nitrogen and oxygen atoms in total. The Morgan fingerprint density at radius 2 is 2.05 bits per heavy atom. The molecule has 1 aromatic carbocycles. The van der Waals surface area contributed by atoms with Crippen LogP contribution < -0.4 is 0 Å². The topological polar surface area (TPSA) is 37.4 Å². The minimum atomic E-state index is -3.62. The van der Waals surface area contributed by atoms with Gasteiger partial charge in [0, 0.05) is 24.0 Å². The van der Waals surface area contributed by atoms with Gasteiger partial charge in [0.1, 0.15) is 4.90 Å². The monoisotopic (exact) mass is 355 g/mol. The summed E-state index contributed by atoms with van der Waals surface area (Å²) in [6.45, 7) is 3.08. The lowest BCUT2D eigenvalue weighted by Gasteiger charge is -2.30. The van der Waals surface area contributed by atoms with Crippen LogP contribution in [0.3, 0.4) is 0 Å². The normalized spacial score (nSPS) is 21.1. The van der Waals surface area contributed by atoms with Crippen LogP contribution in [0.25, 0.3) is 0 Å². The van der Waals surface area contributed by atoms with Crippen LogP contribution in [0.1, 0.15) is 25.3 Å². The predicted octanol–water partition coefficient (Wildman–Crippen LogP) is 4.15. The SMILES string of the molecule is CC1CCCN(S(=O)(=O)c2cc(Cl)cc(CCl)c2Cl)C1. The average molecular weight is 357 g/mol. The number of piperidine rings is 1. The van der Waals surface area contributed by atoms with E-state index in [1.807, 2.05) is 6.92 Å². The van der Waals surface area contributed by atoms with Gasteiger partial charge in [0.15, 0.2) is 0 Å². The summed E-state index contributed by atoms with van der Waals surface area (Å²) >= 11 is 17.9. The number of alkyl halides is 1. The van der Waals surface area contributed by atoms with Gasteiger partial charge in [0.25, 0.3) is 0 Å². The van der Waals surface area contributed by atoms with Crippen molar-refractivity contribution >= 4 is 44.8 Å². The largest absolute Gasteiger partial charge is 0.244 e. The summed E-state index contributed by atoms with van der Waals surface area (Å²) in [5.41, 5.74) is 0.532. The van der Waals surface area contributed by atoms with Gasteiger partial charge in [-0.3, -0.25) is 0 Å². The summed E-state index contributed by atoms with van der Waals surface area (Å²) in [4.78, 5) is 0.0522. The smallest absolute Gasteiger partial charge is 0.207 e. The van der Waals surface area contributed by atoms with Gasteiger partial charge >= 0.3 is 0 Å². The van der Waals surface area contributed by atoms with E-state index in [0.717, 1.165) is 12.8 Å². The fraction of sp³-hybridized carbons (Fsp3) is 0.538. The van der Waals surface area contributed by atoms with Crippen molar-refractivity contribution in [2.75, 3.05) is 13.1 Å². The lowest BCUT2D eigenvalue weighted by Crippen LogP contribution is -2.39. The lowest BCUT2D eigenvalue weighted by molar-refractivity contribution is 0.281. The van der Waals surface area contributed by atoms with Crippen molar-refractivity contribution in [1.82, 2.24) is 4.31 Å². The van der Waals surface area contributed by atoms with Gasteiger partial charge in [0.2, 0.25) is 10.0 Å². The van der Waals surface area contributed by atoms with E-state index in [0.29, 0.717) is 29.6 Å². The van der Waals surface area contributed by atoms with Crippen LogP contribution in [0, 0.1) is 5.92 Å². The van der Waals surface area contributed by atoms with E-state index in [1.54, 1.807) is 6.07 Å². The van der Waals surface area contributed by atoms with Crippen molar-refractivity contribution < 1.29 is 8.42 Å². The predicted molar refractivity (Wildman–Crippen MR) is 83.2 cm³/mol. The molecule has 0 radical (unpaired) electrons. The first kappa shape index (κ1) is 16.4. The molecule has 0 aromatic heterocycles. The molecular weight excluding hydrogens is 341 g/mol.